The number of rotatable bonds is 0. The predicted octanol–water partition coefficient (Wildman–Crippen LogP) is 3.25. The van der Waals surface area contributed by atoms with E-state index in [1.54, 1.807) is 13.0 Å². The van der Waals surface area contributed by atoms with Crippen LogP contribution in [0.25, 0.3) is 0 Å². The summed E-state index contributed by atoms with van der Waals surface area (Å²) in [6, 6.07) is 1.73. The smallest absolute Gasteiger partial charge is 0.142 e. The molecular weight excluding hydrogens is 273 g/mol. The van der Waals surface area contributed by atoms with E-state index in [-0.39, 0.29) is 11.9 Å². The molecule has 4 heteroatoms. The van der Waals surface area contributed by atoms with Crippen molar-refractivity contribution in [1.29, 1.82) is 0 Å². The molecule has 2 nitrogen and oxygen atoms in total. The van der Waals surface area contributed by atoms with Gasteiger partial charge in [-0.15, -0.1) is 0 Å². The van der Waals surface area contributed by atoms with Gasteiger partial charge in [-0.1, -0.05) is 13.8 Å². The monoisotopic (exact) mass is 289 g/mol. The van der Waals surface area contributed by atoms with Gasteiger partial charge in [0, 0.05) is 24.2 Å². The maximum absolute atomic E-state index is 13.5. The second kappa shape index (κ2) is 5.64. The lowest BCUT2D eigenvalue weighted by Gasteiger charge is -2.24. The minimum absolute atomic E-state index is 0.229. The second-order valence-corrected chi connectivity index (χ2v) is 4.42. The zero-order valence-electron chi connectivity index (χ0n) is 9.77. The lowest BCUT2D eigenvalue weighted by Crippen LogP contribution is -2.28. The van der Waals surface area contributed by atoms with Crippen LogP contribution in [-0.4, -0.2) is 17.8 Å². The van der Waals surface area contributed by atoms with Crippen molar-refractivity contribution in [1.82, 2.24) is 0 Å². The van der Waals surface area contributed by atoms with Gasteiger partial charge in [0.2, 0.25) is 0 Å². The van der Waals surface area contributed by atoms with Gasteiger partial charge < -0.3 is 10.4 Å². The summed E-state index contributed by atoms with van der Waals surface area (Å²) in [6.07, 6.45) is 0.210. The van der Waals surface area contributed by atoms with Crippen molar-refractivity contribution in [2.75, 3.05) is 11.9 Å². The minimum atomic E-state index is -0.376. The molecule has 0 bridgehead atoms. The Morgan fingerprint density at radius 3 is 2.75 bits per heavy atom. The summed E-state index contributed by atoms with van der Waals surface area (Å²) in [5.41, 5.74) is 2.41. The summed E-state index contributed by atoms with van der Waals surface area (Å²) >= 11 is 3.16. The van der Waals surface area contributed by atoms with E-state index in [0.717, 1.165) is 11.3 Å². The van der Waals surface area contributed by atoms with Crippen LogP contribution in [0.2, 0.25) is 0 Å². The van der Waals surface area contributed by atoms with Crippen molar-refractivity contribution in [3.8, 4) is 0 Å². The highest BCUT2D eigenvalue weighted by atomic mass is 79.9. The molecule has 0 fully saturated rings. The Morgan fingerprint density at radius 1 is 1.50 bits per heavy atom. The number of β-amino-alcohol motifs (C(OH)–C–C–N with tert-alkyl or cyclic N) is 1. The molecule has 1 unspecified atom stereocenters. The minimum Gasteiger partial charge on any atom is -0.391 e. The average molecular weight is 290 g/mol. The summed E-state index contributed by atoms with van der Waals surface area (Å²) in [7, 11) is 0. The van der Waals surface area contributed by atoms with E-state index in [2.05, 4.69) is 21.2 Å². The van der Waals surface area contributed by atoms with Crippen LogP contribution >= 0.6 is 15.9 Å². The van der Waals surface area contributed by atoms with Gasteiger partial charge in [-0.05, 0) is 34.5 Å². The molecule has 2 N–H and O–H groups in total. The van der Waals surface area contributed by atoms with E-state index in [1.807, 2.05) is 13.8 Å². The Labute approximate surface area is 104 Å². The highest BCUT2D eigenvalue weighted by molar-refractivity contribution is 9.10. The third kappa shape index (κ3) is 2.55. The fourth-order valence-corrected chi connectivity index (χ4v) is 2.34. The molecule has 90 valence electrons. The fourth-order valence-electron chi connectivity index (χ4n) is 1.77. The molecule has 16 heavy (non-hydrogen) atoms. The van der Waals surface area contributed by atoms with E-state index in [9.17, 15) is 9.50 Å². The predicted molar refractivity (Wildman–Crippen MR) is 68.4 cm³/mol. The molecule has 1 aromatic carbocycles. The van der Waals surface area contributed by atoms with E-state index < -0.39 is 0 Å². The number of hydrogen-bond acceptors (Lipinski definition) is 2. The summed E-state index contributed by atoms with van der Waals surface area (Å²) in [6.45, 7) is 6.23. The molecule has 1 aliphatic heterocycles. The van der Waals surface area contributed by atoms with Gasteiger partial charge in [-0.25, -0.2) is 4.39 Å². The first kappa shape index (κ1) is 13.5. The summed E-state index contributed by atoms with van der Waals surface area (Å²) < 4.78 is 13.9. The van der Waals surface area contributed by atoms with Crippen LogP contribution in [0, 0.1) is 12.7 Å². The Hall–Kier alpha value is -0.610. The Bertz CT molecular complexity index is 382. The molecule has 0 aliphatic carbocycles. The molecule has 1 atom stereocenters. The molecule has 0 aromatic heterocycles. The summed E-state index contributed by atoms with van der Waals surface area (Å²) in [5, 5.41) is 12.5. The summed E-state index contributed by atoms with van der Waals surface area (Å²) in [4.78, 5) is 0. The van der Waals surface area contributed by atoms with Crippen molar-refractivity contribution < 1.29 is 9.50 Å². The van der Waals surface area contributed by atoms with E-state index >= 15 is 0 Å². The number of nitrogens with one attached hydrogen (secondary N) is 1. The number of fused-ring (bicyclic) bond motifs is 1. The first-order chi connectivity index (χ1) is 7.59. The van der Waals surface area contributed by atoms with E-state index in [0.29, 0.717) is 23.0 Å². The van der Waals surface area contributed by atoms with E-state index in [1.165, 1.54) is 0 Å². The molecule has 1 aromatic rings. The molecule has 0 spiro atoms. The molecule has 0 saturated carbocycles. The van der Waals surface area contributed by atoms with Crippen LogP contribution in [0.1, 0.15) is 25.0 Å². The third-order valence-corrected chi connectivity index (χ3v) is 3.08. The van der Waals surface area contributed by atoms with Gasteiger partial charge >= 0.3 is 0 Å². The first-order valence-corrected chi connectivity index (χ1v) is 6.28. The van der Waals surface area contributed by atoms with Crippen LogP contribution in [-0.2, 0) is 6.42 Å². The Kier molecular flexibility index (Phi) is 4.74. The fraction of sp³-hybridized carbons (Fsp3) is 0.500. The Balaban J connectivity index is 0.000000606. The van der Waals surface area contributed by atoms with Crippen molar-refractivity contribution >= 4 is 21.6 Å². The normalized spacial score (nSPS) is 18.0. The first-order valence-electron chi connectivity index (χ1n) is 5.49. The van der Waals surface area contributed by atoms with Crippen LogP contribution in [0.5, 0.6) is 0 Å². The second-order valence-electron chi connectivity index (χ2n) is 3.57. The van der Waals surface area contributed by atoms with E-state index in [4.69, 9.17) is 0 Å². The Morgan fingerprint density at radius 2 is 2.12 bits per heavy atom. The number of hydrogen-bond donors (Lipinski definition) is 2. The SMILES string of the molecule is CC.Cc1c(F)c(Br)cc2c1NCC(O)C2. The van der Waals surface area contributed by atoms with Gasteiger partial charge in [0.25, 0.3) is 0 Å². The van der Waals surface area contributed by atoms with Gasteiger partial charge in [0.1, 0.15) is 5.82 Å². The molecule has 2 rings (SSSR count). The van der Waals surface area contributed by atoms with Crippen molar-refractivity contribution in [2.45, 2.75) is 33.3 Å². The van der Waals surface area contributed by atoms with Crippen LogP contribution in [0.3, 0.4) is 0 Å². The topological polar surface area (TPSA) is 32.3 Å². The van der Waals surface area contributed by atoms with Crippen molar-refractivity contribution in [2.24, 2.45) is 0 Å². The molecule has 0 radical (unpaired) electrons. The van der Waals surface area contributed by atoms with Crippen LogP contribution in [0.4, 0.5) is 10.1 Å². The summed E-state index contributed by atoms with van der Waals surface area (Å²) in [5.74, 6) is -0.229. The van der Waals surface area contributed by atoms with Gasteiger partial charge in [0.05, 0.1) is 10.6 Å². The number of aliphatic hydroxyl groups is 1. The lowest BCUT2D eigenvalue weighted by atomic mass is 9.98. The van der Waals surface area contributed by atoms with Crippen molar-refractivity contribution in [3.05, 3.63) is 27.5 Å². The van der Waals surface area contributed by atoms with Crippen LogP contribution < -0.4 is 5.32 Å². The number of halogens is 2. The zero-order valence-corrected chi connectivity index (χ0v) is 11.4. The van der Waals surface area contributed by atoms with Gasteiger partial charge in [-0.2, -0.15) is 0 Å². The van der Waals surface area contributed by atoms with Crippen LogP contribution in [0.15, 0.2) is 10.5 Å². The van der Waals surface area contributed by atoms with Gasteiger partial charge in [0.15, 0.2) is 0 Å². The number of benzene rings is 1. The molecule has 0 saturated heterocycles. The highest BCUT2D eigenvalue weighted by Gasteiger charge is 2.20. The third-order valence-electron chi connectivity index (χ3n) is 2.51. The number of anilines is 1. The largest absolute Gasteiger partial charge is 0.391 e. The van der Waals surface area contributed by atoms with Gasteiger partial charge in [-0.3, -0.25) is 0 Å². The molecular formula is C12H17BrFNO. The molecule has 0 amide bonds. The quantitative estimate of drug-likeness (QED) is 0.768. The standard InChI is InChI=1S/C10H11BrFNO.C2H6/c1-5-9(12)8(11)3-6-2-7(14)4-13-10(5)6;1-2/h3,7,13-14H,2,4H2,1H3;1-2H3. The molecule has 1 aliphatic rings. The maximum atomic E-state index is 13.5. The average Bonchev–Trinajstić information content (AvgIpc) is 2.28. The highest BCUT2D eigenvalue weighted by Crippen LogP contribution is 2.32. The molecule has 1 heterocycles. The number of aliphatic hydroxyl groups excluding tert-OH is 1. The van der Waals surface area contributed by atoms with Crippen molar-refractivity contribution in [3.63, 3.8) is 0 Å². The maximum Gasteiger partial charge on any atom is 0.142 e. The lowest BCUT2D eigenvalue weighted by molar-refractivity contribution is 0.184. The zero-order chi connectivity index (χ0) is 12.3.